The van der Waals surface area contributed by atoms with E-state index >= 15 is 0 Å². The molecule has 1 aliphatic heterocycles. The normalized spacial score (nSPS) is 30.2. The molecule has 7 heteroatoms. The summed E-state index contributed by atoms with van der Waals surface area (Å²) in [4.78, 5) is 12.0. The maximum Gasteiger partial charge on any atom is 0.404 e. The predicted octanol–water partition coefficient (Wildman–Crippen LogP) is 1.34. The Morgan fingerprint density at radius 1 is 1.20 bits per heavy atom. The van der Waals surface area contributed by atoms with Gasteiger partial charge in [-0.3, -0.25) is 4.79 Å². The second-order valence-electron chi connectivity index (χ2n) is 5.97. The Labute approximate surface area is 116 Å². The summed E-state index contributed by atoms with van der Waals surface area (Å²) >= 11 is 0. The third kappa shape index (κ3) is 2.93. The van der Waals surface area contributed by atoms with Crippen LogP contribution in [0.2, 0.25) is 0 Å². The van der Waals surface area contributed by atoms with Crippen LogP contribution in [0.4, 0.5) is 13.2 Å². The molecule has 1 atom stereocenters. The average molecular weight is 294 g/mol. The van der Waals surface area contributed by atoms with Gasteiger partial charge in [0.15, 0.2) is 5.41 Å². The third-order valence-corrected chi connectivity index (χ3v) is 4.49. The van der Waals surface area contributed by atoms with Crippen molar-refractivity contribution in [2.45, 2.75) is 50.3 Å². The quantitative estimate of drug-likeness (QED) is 0.736. The van der Waals surface area contributed by atoms with Gasteiger partial charge in [-0.1, -0.05) is 19.3 Å². The Kier molecular flexibility index (Phi) is 4.30. The first kappa shape index (κ1) is 15.6. The summed E-state index contributed by atoms with van der Waals surface area (Å²) in [6.07, 6.45) is -1.05. The van der Waals surface area contributed by atoms with Crippen molar-refractivity contribution in [2.24, 2.45) is 5.41 Å². The maximum atomic E-state index is 13.2. The van der Waals surface area contributed by atoms with Gasteiger partial charge in [-0.05, 0) is 25.8 Å². The zero-order valence-corrected chi connectivity index (χ0v) is 11.4. The van der Waals surface area contributed by atoms with Gasteiger partial charge in [0.2, 0.25) is 5.91 Å². The lowest BCUT2D eigenvalue weighted by Crippen LogP contribution is -2.55. The van der Waals surface area contributed by atoms with Crippen LogP contribution in [-0.4, -0.2) is 42.4 Å². The number of halogens is 3. The van der Waals surface area contributed by atoms with E-state index in [-0.39, 0.29) is 26.1 Å². The SMILES string of the molecule is O=C(NCC1(O)CCCCC1)C1(C(F)(F)F)CCNC1. The van der Waals surface area contributed by atoms with Gasteiger partial charge < -0.3 is 15.7 Å². The van der Waals surface area contributed by atoms with Gasteiger partial charge >= 0.3 is 6.18 Å². The number of alkyl halides is 3. The van der Waals surface area contributed by atoms with Gasteiger partial charge in [0.1, 0.15) is 0 Å². The molecule has 1 saturated carbocycles. The highest BCUT2D eigenvalue weighted by Gasteiger charge is 2.61. The Morgan fingerprint density at radius 3 is 2.35 bits per heavy atom. The van der Waals surface area contributed by atoms with Gasteiger partial charge in [0.05, 0.1) is 5.60 Å². The zero-order valence-electron chi connectivity index (χ0n) is 11.4. The Morgan fingerprint density at radius 2 is 1.85 bits per heavy atom. The summed E-state index contributed by atoms with van der Waals surface area (Å²) in [6, 6.07) is 0. The highest BCUT2D eigenvalue weighted by Crippen LogP contribution is 2.43. The summed E-state index contributed by atoms with van der Waals surface area (Å²) < 4.78 is 39.5. The molecule has 0 bridgehead atoms. The first-order valence-corrected chi connectivity index (χ1v) is 7.07. The predicted molar refractivity (Wildman–Crippen MR) is 67.0 cm³/mol. The largest absolute Gasteiger partial charge is 0.404 e. The van der Waals surface area contributed by atoms with Gasteiger partial charge in [0, 0.05) is 13.1 Å². The Balaban J connectivity index is 1.99. The number of rotatable bonds is 3. The van der Waals surface area contributed by atoms with Crippen molar-refractivity contribution in [1.29, 1.82) is 0 Å². The molecule has 116 valence electrons. The van der Waals surface area contributed by atoms with Crippen LogP contribution in [0.1, 0.15) is 38.5 Å². The number of aliphatic hydroxyl groups is 1. The number of hydrogen-bond donors (Lipinski definition) is 3. The highest BCUT2D eigenvalue weighted by molar-refractivity contribution is 5.84. The van der Waals surface area contributed by atoms with Crippen LogP contribution in [0.15, 0.2) is 0 Å². The number of amides is 1. The molecule has 0 radical (unpaired) electrons. The molecule has 1 heterocycles. The van der Waals surface area contributed by atoms with Crippen LogP contribution in [0.25, 0.3) is 0 Å². The smallest absolute Gasteiger partial charge is 0.388 e. The third-order valence-electron chi connectivity index (χ3n) is 4.49. The van der Waals surface area contributed by atoms with Crippen molar-refractivity contribution >= 4 is 5.91 Å². The number of carbonyl (C=O) groups is 1. The summed E-state index contributed by atoms with van der Waals surface area (Å²) in [6.45, 7) is -0.304. The second-order valence-corrected chi connectivity index (χ2v) is 5.97. The molecule has 2 aliphatic rings. The molecule has 1 amide bonds. The van der Waals surface area contributed by atoms with Gasteiger partial charge in [-0.25, -0.2) is 0 Å². The van der Waals surface area contributed by atoms with Crippen molar-refractivity contribution in [1.82, 2.24) is 10.6 Å². The molecule has 1 saturated heterocycles. The van der Waals surface area contributed by atoms with Crippen molar-refractivity contribution in [2.75, 3.05) is 19.6 Å². The van der Waals surface area contributed by atoms with E-state index in [1.807, 2.05) is 0 Å². The molecule has 0 aromatic carbocycles. The molecule has 1 unspecified atom stereocenters. The summed E-state index contributed by atoms with van der Waals surface area (Å²) in [7, 11) is 0. The zero-order chi connectivity index (χ0) is 14.9. The first-order chi connectivity index (χ1) is 9.29. The fraction of sp³-hybridized carbons (Fsp3) is 0.923. The summed E-state index contributed by atoms with van der Waals surface area (Å²) in [5.41, 5.74) is -3.40. The van der Waals surface area contributed by atoms with E-state index in [9.17, 15) is 23.1 Å². The monoisotopic (exact) mass is 294 g/mol. The highest BCUT2D eigenvalue weighted by atomic mass is 19.4. The standard InChI is InChI=1S/C13H21F3N2O2/c14-13(15,16)12(6-7-17-9-12)10(19)18-8-11(20)4-2-1-3-5-11/h17,20H,1-9H2,(H,18,19). The van der Waals surface area contributed by atoms with Crippen molar-refractivity contribution < 1.29 is 23.1 Å². The van der Waals surface area contributed by atoms with Gasteiger partial charge in [-0.2, -0.15) is 13.2 Å². The molecule has 1 aliphatic carbocycles. The fourth-order valence-corrected chi connectivity index (χ4v) is 3.06. The lowest BCUT2D eigenvalue weighted by molar-refractivity contribution is -0.216. The molecule has 0 spiro atoms. The number of hydrogen-bond acceptors (Lipinski definition) is 3. The lowest BCUT2D eigenvalue weighted by Gasteiger charge is -2.35. The van der Waals surface area contributed by atoms with E-state index in [0.717, 1.165) is 19.3 Å². The first-order valence-electron chi connectivity index (χ1n) is 7.07. The number of nitrogens with one attached hydrogen (secondary N) is 2. The Hall–Kier alpha value is -0.820. The summed E-state index contributed by atoms with van der Waals surface area (Å²) in [5, 5.41) is 15.2. The molecular formula is C13H21F3N2O2. The van der Waals surface area contributed by atoms with Crippen LogP contribution in [0.3, 0.4) is 0 Å². The van der Waals surface area contributed by atoms with Crippen LogP contribution >= 0.6 is 0 Å². The minimum absolute atomic E-state index is 0.0936. The Bertz CT molecular complexity index is 359. The van der Waals surface area contributed by atoms with Gasteiger partial charge in [-0.15, -0.1) is 0 Å². The van der Waals surface area contributed by atoms with Crippen LogP contribution in [0.5, 0.6) is 0 Å². The van der Waals surface area contributed by atoms with Crippen LogP contribution < -0.4 is 10.6 Å². The summed E-state index contributed by atoms with van der Waals surface area (Å²) in [5.74, 6) is -1.02. The molecule has 3 N–H and O–H groups in total. The fourth-order valence-electron chi connectivity index (χ4n) is 3.06. The van der Waals surface area contributed by atoms with E-state index in [2.05, 4.69) is 10.6 Å². The van der Waals surface area contributed by atoms with E-state index in [4.69, 9.17) is 0 Å². The van der Waals surface area contributed by atoms with Gasteiger partial charge in [0.25, 0.3) is 0 Å². The van der Waals surface area contributed by atoms with Crippen molar-refractivity contribution in [3.63, 3.8) is 0 Å². The van der Waals surface area contributed by atoms with E-state index in [1.54, 1.807) is 0 Å². The van der Waals surface area contributed by atoms with Crippen LogP contribution in [-0.2, 0) is 4.79 Å². The second kappa shape index (κ2) is 5.52. The molecule has 2 rings (SSSR count). The molecule has 20 heavy (non-hydrogen) atoms. The number of carbonyl (C=O) groups excluding carboxylic acids is 1. The molecular weight excluding hydrogens is 273 g/mol. The maximum absolute atomic E-state index is 13.2. The average Bonchev–Trinajstić information content (AvgIpc) is 2.87. The minimum Gasteiger partial charge on any atom is -0.388 e. The minimum atomic E-state index is -4.57. The molecule has 4 nitrogen and oxygen atoms in total. The molecule has 2 fully saturated rings. The van der Waals surface area contributed by atoms with E-state index in [0.29, 0.717) is 12.8 Å². The molecule has 0 aromatic rings. The van der Waals surface area contributed by atoms with E-state index in [1.165, 1.54) is 0 Å². The van der Waals surface area contributed by atoms with Crippen LogP contribution in [0, 0.1) is 5.41 Å². The van der Waals surface area contributed by atoms with E-state index < -0.39 is 23.1 Å². The van der Waals surface area contributed by atoms with Crippen molar-refractivity contribution in [3.05, 3.63) is 0 Å². The van der Waals surface area contributed by atoms with Crippen molar-refractivity contribution in [3.8, 4) is 0 Å². The topological polar surface area (TPSA) is 61.4 Å². The molecule has 0 aromatic heterocycles. The lowest BCUT2D eigenvalue weighted by atomic mass is 9.83.